The zero-order valence-electron chi connectivity index (χ0n) is 15.0. The smallest absolute Gasteiger partial charge is 0.189 e. The Labute approximate surface area is 164 Å². The van der Waals surface area contributed by atoms with E-state index >= 15 is 0 Å². The number of Topliss-reactive ketones (excluding diaryl/α,β-unsaturated/α-hetero) is 1. The average Bonchev–Trinajstić information content (AvgIpc) is 2.72. The van der Waals surface area contributed by atoms with Gasteiger partial charge in [0.2, 0.25) is 0 Å². The summed E-state index contributed by atoms with van der Waals surface area (Å²) >= 11 is 0. The molecule has 9 heteroatoms. The second kappa shape index (κ2) is 6.83. The molecule has 4 rings (SSSR count). The number of hydrogen-bond donors (Lipinski definition) is 0. The molecule has 0 amide bonds. The summed E-state index contributed by atoms with van der Waals surface area (Å²) in [5.74, 6) is -4.98. The maximum atomic E-state index is 14.9. The molecule has 0 N–H and O–H groups in total. The van der Waals surface area contributed by atoms with Gasteiger partial charge in [-0.3, -0.25) is 4.79 Å². The van der Waals surface area contributed by atoms with Gasteiger partial charge >= 0.3 is 0 Å². The van der Waals surface area contributed by atoms with Crippen LogP contribution in [-0.4, -0.2) is 27.0 Å². The fraction of sp³-hybridized carbons (Fsp3) is 0.350. The number of carbonyl (C=O) groups is 1. The van der Waals surface area contributed by atoms with Gasteiger partial charge in [-0.15, -0.1) is 0 Å². The lowest BCUT2D eigenvalue weighted by Crippen LogP contribution is -2.57. The number of hydrogen-bond acceptors (Lipinski definition) is 4. The van der Waals surface area contributed by atoms with E-state index in [-0.39, 0.29) is 10.5 Å². The molecule has 2 aliphatic rings. The van der Waals surface area contributed by atoms with Crippen LogP contribution in [0, 0.1) is 17.6 Å². The lowest BCUT2D eigenvalue weighted by Gasteiger charge is -2.47. The lowest BCUT2D eigenvalue weighted by molar-refractivity contribution is -0.130. The van der Waals surface area contributed by atoms with Crippen LogP contribution >= 0.6 is 0 Å². The number of rotatable bonds is 3. The molecule has 1 saturated carbocycles. The minimum atomic E-state index is -4.52. The van der Waals surface area contributed by atoms with Crippen LogP contribution < -0.4 is 4.74 Å². The Morgan fingerprint density at radius 2 is 1.72 bits per heavy atom. The number of alkyl halides is 2. The third-order valence-corrected chi connectivity index (χ3v) is 8.32. The fourth-order valence-electron chi connectivity index (χ4n) is 4.30. The molecule has 2 aromatic rings. The summed E-state index contributed by atoms with van der Waals surface area (Å²) in [6.45, 7) is -1.41. The first-order valence-electron chi connectivity index (χ1n) is 8.91. The minimum Gasteiger partial charge on any atom is -0.490 e. The van der Waals surface area contributed by atoms with E-state index in [9.17, 15) is 30.8 Å². The van der Waals surface area contributed by atoms with Crippen LogP contribution in [0.25, 0.3) is 0 Å². The van der Waals surface area contributed by atoms with E-state index in [1.54, 1.807) is 0 Å². The highest BCUT2D eigenvalue weighted by atomic mass is 32.2. The zero-order chi connectivity index (χ0) is 21.0. The fourth-order valence-corrected chi connectivity index (χ4v) is 6.63. The number of carbonyl (C=O) groups excluding carboxylic acids is 1. The van der Waals surface area contributed by atoms with Gasteiger partial charge in [-0.25, -0.2) is 26.0 Å². The van der Waals surface area contributed by atoms with Crippen molar-refractivity contribution in [2.75, 3.05) is 6.61 Å². The lowest BCUT2D eigenvalue weighted by atomic mass is 9.71. The van der Waals surface area contributed by atoms with Crippen molar-refractivity contribution in [1.29, 1.82) is 0 Å². The van der Waals surface area contributed by atoms with Crippen LogP contribution in [0.15, 0.2) is 41.3 Å². The Hall–Kier alpha value is -2.42. The second-order valence-corrected chi connectivity index (χ2v) is 9.40. The van der Waals surface area contributed by atoms with E-state index in [2.05, 4.69) is 0 Å². The molecule has 1 heterocycles. The highest BCUT2D eigenvalue weighted by Gasteiger charge is 2.63. The van der Waals surface area contributed by atoms with Crippen LogP contribution in [-0.2, 0) is 26.1 Å². The molecular formula is C20H16F4O4S. The highest BCUT2D eigenvalue weighted by Crippen LogP contribution is 2.56. The Bertz CT molecular complexity index is 1080. The van der Waals surface area contributed by atoms with Gasteiger partial charge in [-0.05, 0) is 36.2 Å². The number of ketones is 1. The van der Waals surface area contributed by atoms with Crippen molar-refractivity contribution in [2.24, 2.45) is 5.92 Å². The van der Waals surface area contributed by atoms with Gasteiger partial charge in [0.25, 0.3) is 0 Å². The van der Waals surface area contributed by atoms with E-state index in [4.69, 9.17) is 4.74 Å². The Morgan fingerprint density at radius 1 is 1.07 bits per heavy atom. The first-order valence-corrected chi connectivity index (χ1v) is 10.4. The van der Waals surface area contributed by atoms with Crippen molar-refractivity contribution in [2.45, 2.75) is 35.3 Å². The van der Waals surface area contributed by atoms with Crippen molar-refractivity contribution in [3.8, 4) is 5.75 Å². The van der Waals surface area contributed by atoms with Crippen LogP contribution in [0.3, 0.4) is 0 Å². The van der Waals surface area contributed by atoms with Crippen LogP contribution in [0.1, 0.15) is 24.0 Å². The highest BCUT2D eigenvalue weighted by molar-refractivity contribution is 7.92. The van der Waals surface area contributed by atoms with Crippen molar-refractivity contribution >= 4 is 15.6 Å². The molecular weight excluding hydrogens is 412 g/mol. The quantitative estimate of drug-likeness (QED) is 0.698. The molecule has 0 aromatic heterocycles. The number of ether oxygens (including phenoxy) is 1. The van der Waals surface area contributed by atoms with Gasteiger partial charge in [-0.1, -0.05) is 12.1 Å². The molecule has 0 radical (unpaired) electrons. The van der Waals surface area contributed by atoms with Crippen LogP contribution in [0.5, 0.6) is 5.75 Å². The first-order chi connectivity index (χ1) is 13.7. The van der Waals surface area contributed by atoms with Gasteiger partial charge in [0.05, 0.1) is 23.0 Å². The standard InChI is InChI=1S/C20H16F4O4S/c21-9-11-1-3-12(4-2-11)29(26,27)20-8-7-16(25)18(24)13(20)10-28-19-15(23)6-5-14(22)17(19)20/h1-6,13,18H,7-10H2/t13-,18-,20-/m0/s1. The molecule has 0 bridgehead atoms. The Kier molecular flexibility index (Phi) is 4.68. The number of benzene rings is 2. The van der Waals surface area contributed by atoms with Crippen molar-refractivity contribution in [1.82, 2.24) is 0 Å². The summed E-state index contributed by atoms with van der Waals surface area (Å²) in [6, 6.07) is 6.35. The van der Waals surface area contributed by atoms with Crippen molar-refractivity contribution in [3.05, 3.63) is 59.2 Å². The SMILES string of the molecule is O=C1CC[C@@]2(S(=O)(=O)c3ccc(CF)cc3)c3c(F)ccc(F)c3OC[C@H]2[C@@H]1F. The summed E-state index contributed by atoms with van der Waals surface area (Å²) < 4.78 is 87.3. The van der Waals surface area contributed by atoms with E-state index in [1.165, 1.54) is 12.1 Å². The van der Waals surface area contributed by atoms with Gasteiger partial charge in [0.15, 0.2) is 33.4 Å². The second-order valence-electron chi connectivity index (χ2n) is 7.19. The summed E-state index contributed by atoms with van der Waals surface area (Å²) in [6.07, 6.45) is -3.07. The third-order valence-electron chi connectivity index (χ3n) is 5.76. The summed E-state index contributed by atoms with van der Waals surface area (Å²) in [4.78, 5) is 11.7. The maximum absolute atomic E-state index is 14.9. The largest absolute Gasteiger partial charge is 0.490 e. The molecule has 0 unspecified atom stereocenters. The maximum Gasteiger partial charge on any atom is 0.189 e. The van der Waals surface area contributed by atoms with Gasteiger partial charge in [-0.2, -0.15) is 0 Å². The molecule has 2 aromatic carbocycles. The third kappa shape index (κ3) is 2.70. The van der Waals surface area contributed by atoms with Gasteiger partial charge in [0.1, 0.15) is 17.2 Å². The zero-order valence-corrected chi connectivity index (χ0v) is 15.8. The summed E-state index contributed by atoms with van der Waals surface area (Å²) in [5, 5.41) is 0. The predicted octanol–water partition coefficient (Wildman–Crippen LogP) is 3.81. The molecule has 1 fully saturated rings. The Morgan fingerprint density at radius 3 is 2.38 bits per heavy atom. The monoisotopic (exact) mass is 428 g/mol. The topological polar surface area (TPSA) is 60.4 Å². The first kappa shape index (κ1) is 19.9. The van der Waals surface area contributed by atoms with Crippen molar-refractivity contribution < 1.29 is 35.5 Å². The van der Waals surface area contributed by atoms with Gasteiger partial charge in [0, 0.05) is 6.42 Å². The summed E-state index contributed by atoms with van der Waals surface area (Å²) in [5.41, 5.74) is -0.372. The van der Waals surface area contributed by atoms with E-state index < -0.39 is 81.5 Å². The molecule has 1 aliphatic heterocycles. The van der Waals surface area contributed by atoms with Crippen LogP contribution in [0.4, 0.5) is 17.6 Å². The number of halogens is 4. The Balaban J connectivity index is 2.02. The van der Waals surface area contributed by atoms with E-state index in [0.717, 1.165) is 24.3 Å². The molecule has 154 valence electrons. The van der Waals surface area contributed by atoms with Crippen LogP contribution in [0.2, 0.25) is 0 Å². The molecule has 0 spiro atoms. The summed E-state index contributed by atoms with van der Waals surface area (Å²) in [7, 11) is -4.52. The molecule has 1 aliphatic carbocycles. The normalized spacial score (nSPS) is 26.4. The number of fused-ring (bicyclic) bond motifs is 3. The van der Waals surface area contributed by atoms with E-state index in [0.29, 0.717) is 0 Å². The van der Waals surface area contributed by atoms with E-state index in [1.807, 2.05) is 0 Å². The molecule has 3 atom stereocenters. The van der Waals surface area contributed by atoms with Gasteiger partial charge < -0.3 is 4.74 Å². The molecule has 4 nitrogen and oxygen atoms in total. The minimum absolute atomic E-state index is 0.227. The molecule has 0 saturated heterocycles. The number of sulfone groups is 1. The van der Waals surface area contributed by atoms with Crippen molar-refractivity contribution in [3.63, 3.8) is 0 Å². The predicted molar refractivity (Wildman–Crippen MR) is 94.6 cm³/mol. The average molecular weight is 428 g/mol. The molecule has 29 heavy (non-hydrogen) atoms.